The smallest absolute Gasteiger partial charge is 0.371 e. The lowest BCUT2D eigenvalue weighted by atomic mass is 9.98. The molecule has 0 spiro atoms. The van der Waals surface area contributed by atoms with Crippen LogP contribution in [0.15, 0.2) is 48.7 Å². The second-order valence-corrected chi connectivity index (χ2v) is 7.24. The van der Waals surface area contributed by atoms with Crippen LogP contribution in [0.4, 0.5) is 24.5 Å². The van der Waals surface area contributed by atoms with Crippen molar-refractivity contribution in [1.29, 1.82) is 0 Å². The molecule has 1 aromatic heterocycles. The van der Waals surface area contributed by atoms with Crippen molar-refractivity contribution in [2.75, 3.05) is 18.0 Å². The second-order valence-electron chi connectivity index (χ2n) is 7.24. The van der Waals surface area contributed by atoms with E-state index < -0.39 is 16.7 Å². The standard InChI is InChI=1S/C21H19F3N4O2/c22-21(23,24)18-12-15(7-8-19(18)27-9-2-1-3-10-27)20-17(13-25-26-20)14-5-4-6-16(11-14)28(29)30/h4-8,11-13H,1-3,9-10H2,(H,25,26). The fraction of sp³-hybridized carbons (Fsp3) is 0.286. The molecule has 0 amide bonds. The average molecular weight is 416 g/mol. The molecule has 156 valence electrons. The first kappa shape index (κ1) is 19.9. The van der Waals surface area contributed by atoms with Crippen molar-refractivity contribution in [3.8, 4) is 22.4 Å². The maximum atomic E-state index is 13.9. The van der Waals surface area contributed by atoms with Crippen molar-refractivity contribution in [3.63, 3.8) is 0 Å². The van der Waals surface area contributed by atoms with Gasteiger partial charge in [0.25, 0.3) is 5.69 Å². The van der Waals surface area contributed by atoms with Crippen LogP contribution in [0.1, 0.15) is 24.8 Å². The van der Waals surface area contributed by atoms with E-state index in [4.69, 9.17) is 0 Å². The largest absolute Gasteiger partial charge is 0.418 e. The number of nitro groups is 1. The van der Waals surface area contributed by atoms with Crippen molar-refractivity contribution in [1.82, 2.24) is 10.2 Å². The molecule has 0 atom stereocenters. The van der Waals surface area contributed by atoms with Gasteiger partial charge in [-0.25, -0.2) is 0 Å². The summed E-state index contributed by atoms with van der Waals surface area (Å²) in [4.78, 5) is 12.3. The Balaban J connectivity index is 1.78. The number of rotatable bonds is 4. The van der Waals surface area contributed by atoms with Crippen LogP contribution in [0.3, 0.4) is 0 Å². The van der Waals surface area contributed by atoms with Crippen LogP contribution < -0.4 is 4.90 Å². The van der Waals surface area contributed by atoms with Crippen LogP contribution in [0.25, 0.3) is 22.4 Å². The van der Waals surface area contributed by atoms with E-state index >= 15 is 0 Å². The molecule has 0 unspecified atom stereocenters. The van der Waals surface area contributed by atoms with Gasteiger partial charge in [-0.15, -0.1) is 0 Å². The quantitative estimate of drug-likeness (QED) is 0.440. The fourth-order valence-corrected chi connectivity index (χ4v) is 3.84. The van der Waals surface area contributed by atoms with Crippen molar-refractivity contribution in [2.45, 2.75) is 25.4 Å². The van der Waals surface area contributed by atoms with Gasteiger partial charge in [-0.05, 0) is 37.0 Å². The van der Waals surface area contributed by atoms with Gasteiger partial charge in [-0.1, -0.05) is 18.2 Å². The van der Waals surface area contributed by atoms with Crippen molar-refractivity contribution >= 4 is 11.4 Å². The lowest BCUT2D eigenvalue weighted by Gasteiger charge is -2.31. The highest BCUT2D eigenvalue weighted by molar-refractivity contribution is 5.82. The van der Waals surface area contributed by atoms with Gasteiger partial charge in [0, 0.05) is 42.0 Å². The van der Waals surface area contributed by atoms with E-state index in [1.807, 2.05) is 0 Å². The van der Waals surface area contributed by atoms with Gasteiger partial charge >= 0.3 is 6.18 Å². The molecule has 1 fully saturated rings. The molecule has 1 aliphatic rings. The summed E-state index contributed by atoms with van der Waals surface area (Å²) >= 11 is 0. The Kier molecular flexibility index (Phi) is 5.19. The summed E-state index contributed by atoms with van der Waals surface area (Å²) in [6.45, 7) is 1.21. The molecule has 0 aliphatic carbocycles. The van der Waals surface area contributed by atoms with E-state index in [0.29, 0.717) is 35.5 Å². The van der Waals surface area contributed by atoms with Crippen molar-refractivity contribution in [3.05, 3.63) is 64.3 Å². The summed E-state index contributed by atoms with van der Waals surface area (Å²) in [5, 5.41) is 17.8. The molecule has 1 saturated heterocycles. The normalized spacial score (nSPS) is 14.7. The minimum absolute atomic E-state index is 0.101. The van der Waals surface area contributed by atoms with Crippen LogP contribution in [0.2, 0.25) is 0 Å². The number of anilines is 1. The molecule has 0 radical (unpaired) electrons. The van der Waals surface area contributed by atoms with E-state index in [1.54, 1.807) is 17.0 Å². The molecule has 1 aliphatic heterocycles. The first-order valence-corrected chi connectivity index (χ1v) is 9.59. The van der Waals surface area contributed by atoms with Crippen molar-refractivity contribution in [2.24, 2.45) is 0 Å². The van der Waals surface area contributed by atoms with E-state index in [2.05, 4.69) is 10.2 Å². The summed E-state index contributed by atoms with van der Waals surface area (Å²) in [5.74, 6) is 0. The lowest BCUT2D eigenvalue weighted by molar-refractivity contribution is -0.384. The van der Waals surface area contributed by atoms with Gasteiger partial charge in [-0.3, -0.25) is 15.2 Å². The average Bonchev–Trinajstić information content (AvgIpc) is 3.23. The zero-order valence-electron chi connectivity index (χ0n) is 15.9. The number of aromatic nitrogens is 2. The summed E-state index contributed by atoms with van der Waals surface area (Å²) in [7, 11) is 0. The number of aromatic amines is 1. The SMILES string of the molecule is O=[N+]([O-])c1cccc(-c2cn[nH]c2-c2ccc(N3CCCCC3)c(C(F)(F)F)c2)c1. The minimum Gasteiger partial charge on any atom is -0.371 e. The van der Waals surface area contributed by atoms with E-state index in [9.17, 15) is 23.3 Å². The van der Waals surface area contributed by atoms with Crippen LogP contribution in [-0.2, 0) is 6.18 Å². The Labute approximate surface area is 170 Å². The van der Waals surface area contributed by atoms with Crippen LogP contribution in [0, 0.1) is 10.1 Å². The number of nitrogens with zero attached hydrogens (tertiary/aromatic N) is 3. The number of alkyl halides is 3. The first-order valence-electron chi connectivity index (χ1n) is 9.59. The fourth-order valence-electron chi connectivity index (χ4n) is 3.84. The van der Waals surface area contributed by atoms with E-state index in [-0.39, 0.29) is 11.4 Å². The summed E-state index contributed by atoms with van der Waals surface area (Å²) in [6.07, 6.45) is -0.279. The molecule has 30 heavy (non-hydrogen) atoms. The maximum absolute atomic E-state index is 13.9. The molecular formula is C21H19F3N4O2. The topological polar surface area (TPSA) is 75.1 Å². The number of hydrogen-bond donors (Lipinski definition) is 1. The molecule has 0 bridgehead atoms. The third-order valence-corrected chi connectivity index (χ3v) is 5.29. The number of hydrogen-bond acceptors (Lipinski definition) is 4. The predicted octanol–water partition coefficient (Wildman–Crippen LogP) is 5.66. The Hall–Kier alpha value is -3.36. The number of H-pyrrole nitrogens is 1. The van der Waals surface area contributed by atoms with Crippen LogP contribution >= 0.6 is 0 Å². The monoisotopic (exact) mass is 416 g/mol. The van der Waals surface area contributed by atoms with Gasteiger partial charge in [0.1, 0.15) is 0 Å². The number of nitrogens with one attached hydrogen (secondary N) is 1. The van der Waals surface area contributed by atoms with Crippen LogP contribution in [-0.4, -0.2) is 28.2 Å². The molecule has 2 aromatic carbocycles. The molecule has 9 heteroatoms. The third kappa shape index (κ3) is 3.87. The van der Waals surface area contributed by atoms with Gasteiger partial charge < -0.3 is 4.90 Å². The highest BCUT2D eigenvalue weighted by Gasteiger charge is 2.35. The maximum Gasteiger partial charge on any atom is 0.418 e. The highest BCUT2D eigenvalue weighted by atomic mass is 19.4. The summed E-state index contributed by atoms with van der Waals surface area (Å²) in [5.41, 5.74) is 1.09. The molecule has 3 aromatic rings. The molecule has 4 rings (SSSR count). The Bertz CT molecular complexity index is 1070. The second kappa shape index (κ2) is 7.81. The lowest BCUT2D eigenvalue weighted by Crippen LogP contribution is -2.31. The van der Waals surface area contributed by atoms with Crippen molar-refractivity contribution < 1.29 is 18.1 Å². The van der Waals surface area contributed by atoms with Gasteiger partial charge in [0.2, 0.25) is 0 Å². The molecule has 0 saturated carbocycles. The van der Waals surface area contributed by atoms with Gasteiger partial charge in [0.05, 0.1) is 22.4 Å². The zero-order valence-corrected chi connectivity index (χ0v) is 15.9. The Morgan fingerprint density at radius 1 is 1.03 bits per heavy atom. The number of nitro benzene ring substituents is 1. The first-order chi connectivity index (χ1) is 14.3. The number of benzene rings is 2. The zero-order chi connectivity index (χ0) is 21.3. The molecule has 1 N–H and O–H groups in total. The number of piperidine rings is 1. The Morgan fingerprint density at radius 2 is 1.80 bits per heavy atom. The molecule has 6 nitrogen and oxygen atoms in total. The molecular weight excluding hydrogens is 397 g/mol. The van der Waals surface area contributed by atoms with Gasteiger partial charge in [0.15, 0.2) is 0 Å². The van der Waals surface area contributed by atoms with Gasteiger partial charge in [-0.2, -0.15) is 18.3 Å². The summed E-state index contributed by atoms with van der Waals surface area (Å²) < 4.78 is 41.6. The predicted molar refractivity (Wildman–Crippen MR) is 107 cm³/mol. The van der Waals surface area contributed by atoms with E-state index in [1.165, 1.54) is 30.5 Å². The molecule has 2 heterocycles. The highest BCUT2D eigenvalue weighted by Crippen LogP contribution is 2.41. The minimum atomic E-state index is -4.51. The summed E-state index contributed by atoms with van der Waals surface area (Å²) in [6, 6.07) is 10.2. The number of non-ortho nitro benzene ring substituents is 1. The number of halogens is 3. The Morgan fingerprint density at radius 3 is 2.50 bits per heavy atom. The van der Waals surface area contributed by atoms with E-state index in [0.717, 1.165) is 25.3 Å². The third-order valence-electron chi connectivity index (χ3n) is 5.29. The van der Waals surface area contributed by atoms with Crippen LogP contribution in [0.5, 0.6) is 0 Å².